The van der Waals surface area contributed by atoms with Crippen LogP contribution in [-0.2, 0) is 19.1 Å². The zero-order valence-corrected chi connectivity index (χ0v) is 15.2. The molecule has 0 saturated carbocycles. The molecule has 0 aromatic rings. The van der Waals surface area contributed by atoms with Crippen molar-refractivity contribution in [2.75, 3.05) is 39.5 Å². The lowest BCUT2D eigenvalue weighted by atomic mass is 10.0. The Balaban J connectivity index is 3.29. The van der Waals surface area contributed by atoms with E-state index in [1.165, 1.54) is 0 Å². The number of Topliss-reactive ketones (excluding diaryl/α,β-unsaturated/α-hetero) is 1. The second-order valence-electron chi connectivity index (χ2n) is 6.16. The standard InChI is InChI=1S/C17H34N2O4/c1-14(2)16(20)6-5-8-19-17(21)7-10-22-12-13-23-11-9-18-15(3)4/h14-15,18H,5-13H2,1-4H3,(H,19,21). The number of carbonyl (C=O) groups excluding carboxylic acids is 2. The van der Waals surface area contributed by atoms with Crippen LogP contribution in [0.3, 0.4) is 0 Å². The van der Waals surface area contributed by atoms with E-state index in [0.717, 1.165) is 6.54 Å². The Hall–Kier alpha value is -0.980. The minimum atomic E-state index is -0.0379. The monoisotopic (exact) mass is 330 g/mol. The van der Waals surface area contributed by atoms with Crippen molar-refractivity contribution >= 4 is 11.7 Å². The lowest BCUT2D eigenvalue weighted by molar-refractivity contribution is -0.124. The van der Waals surface area contributed by atoms with Crippen LogP contribution in [0, 0.1) is 5.92 Å². The van der Waals surface area contributed by atoms with Crippen LogP contribution in [-0.4, -0.2) is 57.2 Å². The molecule has 0 unspecified atom stereocenters. The van der Waals surface area contributed by atoms with Crippen molar-refractivity contribution in [3.8, 4) is 0 Å². The molecule has 0 rings (SSSR count). The molecule has 0 aliphatic heterocycles. The molecule has 0 fully saturated rings. The van der Waals surface area contributed by atoms with Gasteiger partial charge < -0.3 is 20.1 Å². The second-order valence-corrected chi connectivity index (χ2v) is 6.16. The van der Waals surface area contributed by atoms with Gasteiger partial charge in [0.2, 0.25) is 5.91 Å². The van der Waals surface area contributed by atoms with Gasteiger partial charge in [-0.1, -0.05) is 27.7 Å². The van der Waals surface area contributed by atoms with E-state index in [4.69, 9.17) is 9.47 Å². The second kappa shape index (κ2) is 14.6. The SMILES string of the molecule is CC(C)NCCOCCOCCC(=O)NCCCC(=O)C(C)C. The summed E-state index contributed by atoms with van der Waals surface area (Å²) >= 11 is 0. The number of ether oxygens (including phenoxy) is 2. The van der Waals surface area contributed by atoms with Crippen LogP contribution in [0.4, 0.5) is 0 Å². The number of hydrogen-bond acceptors (Lipinski definition) is 5. The molecule has 0 bridgehead atoms. The predicted octanol–water partition coefficient (Wildman–Crippen LogP) is 1.53. The molecule has 0 aromatic carbocycles. The number of ketones is 1. The fraction of sp³-hybridized carbons (Fsp3) is 0.882. The lowest BCUT2D eigenvalue weighted by Gasteiger charge is -2.09. The molecule has 0 aromatic heterocycles. The first-order chi connectivity index (χ1) is 10.9. The topological polar surface area (TPSA) is 76.7 Å². The van der Waals surface area contributed by atoms with Crippen molar-refractivity contribution in [3.05, 3.63) is 0 Å². The first-order valence-corrected chi connectivity index (χ1v) is 8.61. The van der Waals surface area contributed by atoms with Crippen molar-refractivity contribution in [1.82, 2.24) is 10.6 Å². The van der Waals surface area contributed by atoms with Gasteiger partial charge in [0.1, 0.15) is 5.78 Å². The first kappa shape index (κ1) is 22.0. The summed E-state index contributed by atoms with van der Waals surface area (Å²) in [4.78, 5) is 23.0. The molecular formula is C17H34N2O4. The van der Waals surface area contributed by atoms with Crippen LogP contribution < -0.4 is 10.6 Å². The maximum absolute atomic E-state index is 11.5. The van der Waals surface area contributed by atoms with Gasteiger partial charge in [0, 0.05) is 37.9 Å². The summed E-state index contributed by atoms with van der Waals surface area (Å²) in [6.45, 7) is 11.4. The molecule has 0 aliphatic rings. The number of carbonyl (C=O) groups is 2. The molecule has 0 spiro atoms. The molecule has 6 nitrogen and oxygen atoms in total. The third kappa shape index (κ3) is 15.7. The maximum atomic E-state index is 11.5. The van der Waals surface area contributed by atoms with Crippen LogP contribution in [0.25, 0.3) is 0 Å². The molecule has 23 heavy (non-hydrogen) atoms. The van der Waals surface area contributed by atoms with Crippen molar-refractivity contribution in [1.29, 1.82) is 0 Å². The van der Waals surface area contributed by atoms with Gasteiger partial charge in [-0.2, -0.15) is 0 Å². The van der Waals surface area contributed by atoms with Gasteiger partial charge >= 0.3 is 0 Å². The molecule has 136 valence electrons. The van der Waals surface area contributed by atoms with Crippen molar-refractivity contribution in [3.63, 3.8) is 0 Å². The third-order valence-electron chi connectivity index (χ3n) is 3.21. The Bertz CT molecular complexity index is 320. The highest BCUT2D eigenvalue weighted by molar-refractivity contribution is 5.80. The van der Waals surface area contributed by atoms with E-state index < -0.39 is 0 Å². The summed E-state index contributed by atoms with van der Waals surface area (Å²) in [5, 5.41) is 6.06. The Labute approximate surface area is 140 Å². The zero-order chi connectivity index (χ0) is 17.5. The van der Waals surface area contributed by atoms with Gasteiger partial charge in [0.25, 0.3) is 0 Å². The normalized spacial score (nSPS) is 11.2. The summed E-state index contributed by atoms with van der Waals surface area (Å²) in [6, 6.07) is 0.469. The Morgan fingerprint density at radius 3 is 2.13 bits per heavy atom. The zero-order valence-electron chi connectivity index (χ0n) is 15.2. The highest BCUT2D eigenvalue weighted by Crippen LogP contribution is 2.00. The molecule has 0 atom stereocenters. The summed E-state index contributed by atoms with van der Waals surface area (Å²) in [5.74, 6) is 0.276. The fourth-order valence-corrected chi connectivity index (χ4v) is 1.77. The summed E-state index contributed by atoms with van der Waals surface area (Å²) in [7, 11) is 0. The van der Waals surface area contributed by atoms with E-state index in [1.807, 2.05) is 13.8 Å². The summed E-state index contributed by atoms with van der Waals surface area (Å²) in [5.41, 5.74) is 0. The van der Waals surface area contributed by atoms with Crippen molar-refractivity contribution in [2.45, 2.75) is 53.0 Å². The van der Waals surface area contributed by atoms with E-state index in [-0.39, 0.29) is 17.6 Å². The highest BCUT2D eigenvalue weighted by atomic mass is 16.5. The molecule has 0 aliphatic carbocycles. The van der Waals surface area contributed by atoms with E-state index in [0.29, 0.717) is 58.3 Å². The van der Waals surface area contributed by atoms with Crippen molar-refractivity contribution in [2.24, 2.45) is 5.92 Å². The van der Waals surface area contributed by atoms with Crippen LogP contribution in [0.5, 0.6) is 0 Å². The molecule has 0 radical (unpaired) electrons. The quantitative estimate of drug-likeness (QED) is 0.445. The van der Waals surface area contributed by atoms with Gasteiger partial charge in [0.15, 0.2) is 0 Å². The molecule has 0 saturated heterocycles. The Morgan fingerprint density at radius 1 is 0.870 bits per heavy atom. The van der Waals surface area contributed by atoms with Gasteiger partial charge in [0.05, 0.1) is 26.4 Å². The molecule has 0 heterocycles. The predicted molar refractivity (Wildman–Crippen MR) is 91.5 cm³/mol. The van der Waals surface area contributed by atoms with E-state index in [9.17, 15) is 9.59 Å². The average Bonchev–Trinajstić information content (AvgIpc) is 2.49. The smallest absolute Gasteiger partial charge is 0.222 e. The number of hydrogen-bond donors (Lipinski definition) is 2. The Morgan fingerprint density at radius 2 is 1.52 bits per heavy atom. The first-order valence-electron chi connectivity index (χ1n) is 8.61. The van der Waals surface area contributed by atoms with Gasteiger partial charge in [-0.15, -0.1) is 0 Å². The van der Waals surface area contributed by atoms with E-state index in [1.54, 1.807) is 0 Å². The van der Waals surface area contributed by atoms with Gasteiger partial charge in [-0.05, 0) is 6.42 Å². The minimum Gasteiger partial charge on any atom is -0.379 e. The molecular weight excluding hydrogens is 296 g/mol. The third-order valence-corrected chi connectivity index (χ3v) is 3.21. The van der Waals surface area contributed by atoms with Gasteiger partial charge in [-0.3, -0.25) is 9.59 Å². The number of amides is 1. The van der Waals surface area contributed by atoms with E-state index in [2.05, 4.69) is 24.5 Å². The van der Waals surface area contributed by atoms with Gasteiger partial charge in [-0.25, -0.2) is 0 Å². The fourth-order valence-electron chi connectivity index (χ4n) is 1.77. The van der Waals surface area contributed by atoms with Crippen molar-refractivity contribution < 1.29 is 19.1 Å². The molecule has 2 N–H and O–H groups in total. The van der Waals surface area contributed by atoms with Crippen LogP contribution in [0.2, 0.25) is 0 Å². The molecule has 6 heteroatoms. The summed E-state index contributed by atoms with van der Waals surface area (Å²) in [6.07, 6.45) is 1.56. The highest BCUT2D eigenvalue weighted by Gasteiger charge is 2.07. The number of nitrogens with one attached hydrogen (secondary N) is 2. The van der Waals surface area contributed by atoms with Crippen LogP contribution in [0.1, 0.15) is 47.0 Å². The van der Waals surface area contributed by atoms with E-state index >= 15 is 0 Å². The Kier molecular flexibility index (Phi) is 14.0. The largest absolute Gasteiger partial charge is 0.379 e. The minimum absolute atomic E-state index is 0.0379. The molecule has 1 amide bonds. The van der Waals surface area contributed by atoms with Crippen LogP contribution in [0.15, 0.2) is 0 Å². The summed E-state index contributed by atoms with van der Waals surface area (Å²) < 4.78 is 10.7. The lowest BCUT2D eigenvalue weighted by Crippen LogP contribution is -2.27. The number of rotatable bonds is 15. The average molecular weight is 330 g/mol. The van der Waals surface area contributed by atoms with Crippen LogP contribution >= 0.6 is 0 Å². The maximum Gasteiger partial charge on any atom is 0.222 e.